The van der Waals surface area contributed by atoms with Gasteiger partial charge in [-0.2, -0.15) is 0 Å². The van der Waals surface area contributed by atoms with Crippen molar-refractivity contribution in [1.82, 2.24) is 19.9 Å². The first-order valence-corrected chi connectivity index (χ1v) is 7.12. The molecule has 7 nitrogen and oxygen atoms in total. The van der Waals surface area contributed by atoms with Crippen LogP contribution in [0.2, 0.25) is 0 Å². The van der Waals surface area contributed by atoms with E-state index in [1.54, 1.807) is 12.4 Å². The summed E-state index contributed by atoms with van der Waals surface area (Å²) in [7, 11) is 5.75. The topological polar surface area (TPSA) is 76.2 Å². The third-order valence-corrected chi connectivity index (χ3v) is 3.33. The van der Waals surface area contributed by atoms with E-state index >= 15 is 0 Å². The molecule has 2 rings (SSSR count). The molecule has 0 saturated carbocycles. The second-order valence-corrected chi connectivity index (χ2v) is 6.47. The van der Waals surface area contributed by atoms with Gasteiger partial charge in [-0.1, -0.05) is 20.8 Å². The van der Waals surface area contributed by atoms with Gasteiger partial charge in [-0.3, -0.25) is 4.79 Å². The molecule has 0 fully saturated rings. The smallest absolute Gasteiger partial charge is 0.307 e. The number of rotatable bonds is 4. The maximum absolute atomic E-state index is 12.1. The highest BCUT2D eigenvalue weighted by atomic mass is 16.4. The van der Waals surface area contributed by atoms with Gasteiger partial charge in [0.25, 0.3) is 5.89 Å². The van der Waals surface area contributed by atoms with Crippen molar-refractivity contribution in [3.8, 4) is 0 Å². The third kappa shape index (κ3) is 3.29. The molecule has 0 aliphatic carbocycles. The van der Waals surface area contributed by atoms with E-state index in [0.717, 1.165) is 11.6 Å². The van der Waals surface area contributed by atoms with Crippen LogP contribution in [0.15, 0.2) is 16.8 Å². The van der Waals surface area contributed by atoms with Gasteiger partial charge in [-0.15, -0.1) is 0 Å². The van der Waals surface area contributed by atoms with Crippen LogP contribution in [0, 0.1) is 0 Å². The van der Waals surface area contributed by atoms with Crippen molar-refractivity contribution in [1.29, 1.82) is 0 Å². The van der Waals surface area contributed by atoms with Crippen LogP contribution >= 0.6 is 0 Å². The van der Waals surface area contributed by atoms with Gasteiger partial charge in [0.2, 0.25) is 5.95 Å². The molecule has 7 heteroatoms. The number of imidazole rings is 1. The molecule has 2 aromatic heterocycles. The van der Waals surface area contributed by atoms with Gasteiger partial charge in [0.15, 0.2) is 0 Å². The monoisotopic (exact) mass is 305 g/mol. The summed E-state index contributed by atoms with van der Waals surface area (Å²) in [4.78, 5) is 22.4. The van der Waals surface area contributed by atoms with Crippen LogP contribution in [0.5, 0.6) is 0 Å². The summed E-state index contributed by atoms with van der Waals surface area (Å²) in [6, 6.07) is 0. The molecule has 120 valence electrons. The largest absolute Gasteiger partial charge is 0.437 e. The highest BCUT2D eigenvalue weighted by molar-refractivity contribution is 5.89. The Morgan fingerprint density at radius 2 is 2.00 bits per heavy atom. The van der Waals surface area contributed by atoms with E-state index < -0.39 is 0 Å². The Morgan fingerprint density at radius 3 is 2.50 bits per heavy atom. The minimum atomic E-state index is -0.330. The number of oxazole rings is 1. The summed E-state index contributed by atoms with van der Waals surface area (Å²) in [5, 5.41) is 2.80. The van der Waals surface area contributed by atoms with Crippen molar-refractivity contribution < 1.29 is 9.21 Å². The predicted molar refractivity (Wildman–Crippen MR) is 83.9 cm³/mol. The second kappa shape index (κ2) is 5.82. The number of carbonyl (C=O) groups is 1. The van der Waals surface area contributed by atoms with Crippen molar-refractivity contribution in [2.75, 3.05) is 19.0 Å². The van der Waals surface area contributed by atoms with Crippen molar-refractivity contribution in [3.05, 3.63) is 29.7 Å². The minimum absolute atomic E-state index is 0.0833. The van der Waals surface area contributed by atoms with E-state index in [0.29, 0.717) is 12.3 Å². The number of hydrogen-bond acceptors (Lipinski definition) is 5. The van der Waals surface area contributed by atoms with Crippen molar-refractivity contribution in [2.24, 2.45) is 7.05 Å². The molecule has 0 spiro atoms. The fourth-order valence-electron chi connectivity index (χ4n) is 1.99. The molecule has 22 heavy (non-hydrogen) atoms. The summed E-state index contributed by atoms with van der Waals surface area (Å²) in [5.74, 6) is 1.27. The first-order valence-electron chi connectivity index (χ1n) is 7.12. The molecule has 0 unspecified atom stereocenters. The quantitative estimate of drug-likeness (QED) is 0.930. The predicted octanol–water partition coefficient (Wildman–Crippen LogP) is 1.70. The molecule has 0 aromatic carbocycles. The lowest BCUT2D eigenvalue weighted by Crippen LogP contribution is -2.24. The zero-order valence-electron chi connectivity index (χ0n) is 14.0. The van der Waals surface area contributed by atoms with Gasteiger partial charge in [0, 0.05) is 26.6 Å². The van der Waals surface area contributed by atoms with Crippen LogP contribution in [0.4, 0.5) is 5.95 Å². The summed E-state index contributed by atoms with van der Waals surface area (Å²) in [5.41, 5.74) is 0.730. The molecule has 0 aliphatic heterocycles. The lowest BCUT2D eigenvalue weighted by atomic mass is 9.94. The van der Waals surface area contributed by atoms with E-state index in [9.17, 15) is 4.79 Å². The van der Waals surface area contributed by atoms with Gasteiger partial charge in [-0.05, 0) is 0 Å². The van der Waals surface area contributed by atoms with Gasteiger partial charge in [0.05, 0.1) is 24.6 Å². The molecule has 0 radical (unpaired) electrons. The molecule has 0 atom stereocenters. The molecular weight excluding hydrogens is 282 g/mol. The molecule has 0 saturated heterocycles. The standard InChI is InChI=1S/C15H23N5O2/c1-15(2,3)11-9-17-13(22-11)12(21)16-7-10-8-18-14(19(4)5)20(10)6/h8-9H,7H2,1-6H3,(H,16,21). The van der Waals surface area contributed by atoms with Crippen molar-refractivity contribution in [3.63, 3.8) is 0 Å². The zero-order valence-corrected chi connectivity index (χ0v) is 14.0. The van der Waals surface area contributed by atoms with Crippen molar-refractivity contribution >= 4 is 11.9 Å². The normalized spacial score (nSPS) is 11.5. The van der Waals surface area contributed by atoms with E-state index in [1.807, 2.05) is 51.4 Å². The third-order valence-electron chi connectivity index (χ3n) is 3.33. The number of nitrogens with one attached hydrogen (secondary N) is 1. The van der Waals surface area contributed by atoms with Crippen LogP contribution in [0.25, 0.3) is 0 Å². The Bertz CT molecular complexity index is 664. The van der Waals surface area contributed by atoms with Crippen LogP contribution in [-0.2, 0) is 19.0 Å². The summed E-state index contributed by atoms with van der Waals surface area (Å²) >= 11 is 0. The Hall–Kier alpha value is -2.31. The molecule has 0 bridgehead atoms. The van der Waals surface area contributed by atoms with Crippen molar-refractivity contribution in [2.45, 2.75) is 32.7 Å². The lowest BCUT2D eigenvalue weighted by Gasteiger charge is -2.13. The SMILES string of the molecule is CN(C)c1ncc(CNC(=O)c2ncc(C(C)(C)C)o2)n1C. The summed E-state index contributed by atoms with van der Waals surface area (Å²) < 4.78 is 7.45. The van der Waals surface area contributed by atoms with Gasteiger partial charge < -0.3 is 19.2 Å². The summed E-state index contributed by atoms with van der Waals surface area (Å²) in [6.07, 6.45) is 3.34. The van der Waals surface area contributed by atoms with Crippen LogP contribution in [0.3, 0.4) is 0 Å². The minimum Gasteiger partial charge on any atom is -0.437 e. The van der Waals surface area contributed by atoms with Gasteiger partial charge in [0.1, 0.15) is 5.76 Å². The fraction of sp³-hybridized carbons (Fsp3) is 0.533. The average Bonchev–Trinajstić information content (AvgIpc) is 3.02. The Balaban J connectivity index is 2.03. The van der Waals surface area contributed by atoms with Crippen LogP contribution in [-0.4, -0.2) is 34.5 Å². The van der Waals surface area contributed by atoms with Crippen LogP contribution < -0.4 is 10.2 Å². The summed E-state index contributed by atoms with van der Waals surface area (Å²) in [6.45, 7) is 6.39. The average molecular weight is 305 g/mol. The molecule has 1 N–H and O–H groups in total. The highest BCUT2D eigenvalue weighted by Crippen LogP contribution is 2.22. The molecule has 1 amide bonds. The number of nitrogens with zero attached hydrogens (tertiary/aromatic N) is 4. The number of anilines is 1. The van der Waals surface area contributed by atoms with E-state index in [-0.39, 0.29) is 17.2 Å². The molecule has 0 aliphatic rings. The highest BCUT2D eigenvalue weighted by Gasteiger charge is 2.22. The molecule has 2 heterocycles. The fourth-order valence-corrected chi connectivity index (χ4v) is 1.99. The number of amides is 1. The molecule has 2 aromatic rings. The first-order chi connectivity index (χ1) is 10.2. The number of aromatic nitrogens is 3. The Labute approximate surface area is 130 Å². The zero-order chi connectivity index (χ0) is 16.5. The maximum Gasteiger partial charge on any atom is 0.307 e. The van der Waals surface area contributed by atoms with Gasteiger partial charge >= 0.3 is 5.91 Å². The van der Waals surface area contributed by atoms with E-state index in [2.05, 4.69) is 15.3 Å². The van der Waals surface area contributed by atoms with Gasteiger partial charge in [-0.25, -0.2) is 9.97 Å². The Kier molecular flexibility index (Phi) is 4.25. The molecular formula is C15H23N5O2. The van der Waals surface area contributed by atoms with Crippen LogP contribution in [0.1, 0.15) is 42.9 Å². The maximum atomic E-state index is 12.1. The Morgan fingerprint density at radius 1 is 1.32 bits per heavy atom. The first kappa shape index (κ1) is 16.1. The van der Waals surface area contributed by atoms with E-state index in [1.165, 1.54) is 0 Å². The van der Waals surface area contributed by atoms with E-state index in [4.69, 9.17) is 4.42 Å². The lowest BCUT2D eigenvalue weighted by molar-refractivity contribution is 0.0912. The number of carbonyl (C=O) groups excluding carboxylic acids is 1. The second-order valence-electron chi connectivity index (χ2n) is 6.47. The number of hydrogen-bond donors (Lipinski definition) is 1.